The first-order valence-corrected chi connectivity index (χ1v) is 9.13. The Balaban J connectivity index is 1.54. The van der Waals surface area contributed by atoms with Crippen LogP contribution in [0.5, 0.6) is 0 Å². The fourth-order valence-corrected chi connectivity index (χ4v) is 3.32. The average Bonchev–Trinajstić information content (AvgIpc) is 2.59. The highest BCUT2D eigenvalue weighted by molar-refractivity contribution is 9.10. The highest BCUT2D eigenvalue weighted by Gasteiger charge is 2.45. The normalized spacial score (nSPS) is 15.1. The first-order chi connectivity index (χ1) is 12.1. The summed E-state index contributed by atoms with van der Waals surface area (Å²) >= 11 is 3.41. The minimum atomic E-state index is -0.513. The van der Waals surface area contributed by atoms with Crippen LogP contribution in [0.3, 0.4) is 0 Å². The van der Waals surface area contributed by atoms with Crippen molar-refractivity contribution >= 4 is 27.8 Å². The van der Waals surface area contributed by atoms with E-state index in [4.69, 9.17) is 4.74 Å². The van der Waals surface area contributed by atoms with Gasteiger partial charge >= 0.3 is 5.97 Å². The van der Waals surface area contributed by atoms with Crippen molar-refractivity contribution in [1.29, 1.82) is 0 Å². The Bertz CT molecular complexity index is 739. The molecule has 1 aliphatic rings. The summed E-state index contributed by atoms with van der Waals surface area (Å²) in [5, 5.41) is 2.75. The Labute approximate surface area is 155 Å². The monoisotopic (exact) mass is 401 g/mol. The second kappa shape index (κ2) is 7.83. The molecule has 0 aliphatic heterocycles. The van der Waals surface area contributed by atoms with Gasteiger partial charge in [-0.05, 0) is 36.1 Å². The van der Waals surface area contributed by atoms with Crippen LogP contribution < -0.4 is 5.32 Å². The zero-order valence-electron chi connectivity index (χ0n) is 13.8. The lowest BCUT2D eigenvalue weighted by atomic mass is 9.64. The van der Waals surface area contributed by atoms with Crippen LogP contribution in [0.4, 0.5) is 0 Å². The maximum Gasteiger partial charge on any atom is 0.325 e. The lowest BCUT2D eigenvalue weighted by Gasteiger charge is -2.40. The SMILES string of the molecule is O=C(CNC(=O)C1(c2ccc(Br)cc2)CCC1)OCc1ccccc1. The molecule has 0 radical (unpaired) electrons. The molecule has 2 aromatic rings. The molecule has 1 amide bonds. The summed E-state index contributed by atoms with van der Waals surface area (Å²) in [5.41, 5.74) is 1.41. The Kier molecular flexibility index (Phi) is 5.53. The van der Waals surface area contributed by atoms with E-state index in [1.165, 1.54) is 0 Å². The van der Waals surface area contributed by atoms with Crippen LogP contribution >= 0.6 is 15.9 Å². The predicted molar refractivity (Wildman–Crippen MR) is 98.9 cm³/mol. The number of benzene rings is 2. The molecule has 0 bridgehead atoms. The fraction of sp³-hybridized carbons (Fsp3) is 0.300. The van der Waals surface area contributed by atoms with Crippen molar-refractivity contribution in [2.24, 2.45) is 0 Å². The van der Waals surface area contributed by atoms with Crippen molar-refractivity contribution in [3.63, 3.8) is 0 Å². The standard InChI is InChI=1S/C20H20BrNO3/c21-17-9-7-16(8-10-17)20(11-4-12-20)19(24)22-13-18(23)25-14-15-5-2-1-3-6-15/h1-3,5-10H,4,11-14H2,(H,22,24). The molecule has 0 saturated heterocycles. The molecular formula is C20H20BrNO3. The average molecular weight is 402 g/mol. The van der Waals surface area contributed by atoms with Crippen LogP contribution in [0.1, 0.15) is 30.4 Å². The lowest BCUT2D eigenvalue weighted by Crippen LogP contribution is -2.50. The van der Waals surface area contributed by atoms with Crippen LogP contribution in [0.25, 0.3) is 0 Å². The molecule has 0 atom stereocenters. The highest BCUT2D eigenvalue weighted by Crippen LogP contribution is 2.44. The van der Waals surface area contributed by atoms with Gasteiger partial charge in [-0.1, -0.05) is 64.8 Å². The van der Waals surface area contributed by atoms with E-state index in [2.05, 4.69) is 21.2 Å². The number of halogens is 1. The maximum atomic E-state index is 12.7. The summed E-state index contributed by atoms with van der Waals surface area (Å²) in [5.74, 6) is -0.528. The first kappa shape index (κ1) is 17.7. The zero-order valence-corrected chi connectivity index (χ0v) is 15.4. The van der Waals surface area contributed by atoms with Gasteiger partial charge in [0.1, 0.15) is 13.2 Å². The number of amides is 1. The Morgan fingerprint density at radius 1 is 1.04 bits per heavy atom. The highest BCUT2D eigenvalue weighted by atomic mass is 79.9. The van der Waals surface area contributed by atoms with Gasteiger partial charge in [0.25, 0.3) is 0 Å². The molecule has 5 heteroatoms. The Morgan fingerprint density at radius 3 is 2.32 bits per heavy atom. The summed E-state index contributed by atoms with van der Waals surface area (Å²) in [4.78, 5) is 24.6. The van der Waals surface area contributed by atoms with Gasteiger partial charge in [0.2, 0.25) is 5.91 Å². The number of nitrogens with one attached hydrogen (secondary N) is 1. The van der Waals surface area contributed by atoms with Crippen molar-refractivity contribution in [2.45, 2.75) is 31.3 Å². The Morgan fingerprint density at radius 2 is 1.72 bits per heavy atom. The fourth-order valence-electron chi connectivity index (χ4n) is 3.06. The topological polar surface area (TPSA) is 55.4 Å². The van der Waals surface area contributed by atoms with Gasteiger partial charge in [-0.3, -0.25) is 9.59 Å². The summed E-state index contributed by atoms with van der Waals surface area (Å²) in [6.07, 6.45) is 2.63. The van der Waals surface area contributed by atoms with Gasteiger partial charge in [-0.25, -0.2) is 0 Å². The number of carbonyl (C=O) groups is 2. The molecule has 130 valence electrons. The molecule has 0 heterocycles. The van der Waals surface area contributed by atoms with E-state index in [9.17, 15) is 9.59 Å². The summed E-state index contributed by atoms with van der Waals surface area (Å²) in [7, 11) is 0. The molecule has 1 aliphatic carbocycles. The van der Waals surface area contributed by atoms with E-state index >= 15 is 0 Å². The van der Waals surface area contributed by atoms with E-state index in [-0.39, 0.29) is 19.1 Å². The number of ether oxygens (including phenoxy) is 1. The minimum absolute atomic E-state index is 0.0993. The molecule has 2 aromatic carbocycles. The van der Waals surface area contributed by atoms with Crippen LogP contribution in [-0.4, -0.2) is 18.4 Å². The molecule has 0 spiro atoms. The molecule has 1 N–H and O–H groups in total. The molecule has 1 saturated carbocycles. The number of rotatable bonds is 6. The Hall–Kier alpha value is -2.14. The number of carbonyl (C=O) groups excluding carboxylic acids is 2. The van der Waals surface area contributed by atoms with Crippen molar-refractivity contribution < 1.29 is 14.3 Å². The van der Waals surface area contributed by atoms with Gasteiger partial charge in [0.05, 0.1) is 5.41 Å². The molecule has 25 heavy (non-hydrogen) atoms. The van der Waals surface area contributed by atoms with E-state index in [1.807, 2.05) is 54.6 Å². The van der Waals surface area contributed by atoms with Gasteiger partial charge in [-0.2, -0.15) is 0 Å². The lowest BCUT2D eigenvalue weighted by molar-refractivity contribution is -0.146. The summed E-state index contributed by atoms with van der Waals surface area (Å²) in [6, 6.07) is 17.3. The third-order valence-corrected chi connectivity index (χ3v) is 5.20. The maximum absolute atomic E-state index is 12.7. The zero-order chi connectivity index (χ0) is 17.7. The minimum Gasteiger partial charge on any atom is -0.460 e. The predicted octanol–water partition coefficient (Wildman–Crippen LogP) is 3.73. The van der Waals surface area contributed by atoms with Crippen LogP contribution in [0.15, 0.2) is 59.1 Å². The summed E-state index contributed by atoms with van der Waals surface area (Å²) < 4.78 is 6.19. The summed E-state index contributed by atoms with van der Waals surface area (Å²) in [6.45, 7) is 0.108. The smallest absolute Gasteiger partial charge is 0.325 e. The first-order valence-electron chi connectivity index (χ1n) is 8.34. The number of esters is 1. The molecule has 1 fully saturated rings. The third-order valence-electron chi connectivity index (χ3n) is 4.67. The second-order valence-electron chi connectivity index (χ2n) is 6.27. The quantitative estimate of drug-likeness (QED) is 0.750. The van der Waals surface area contributed by atoms with Crippen molar-refractivity contribution in [1.82, 2.24) is 5.32 Å². The third kappa shape index (κ3) is 4.10. The van der Waals surface area contributed by atoms with Crippen LogP contribution in [0, 0.1) is 0 Å². The second-order valence-corrected chi connectivity index (χ2v) is 7.19. The van der Waals surface area contributed by atoms with Gasteiger partial charge in [0.15, 0.2) is 0 Å². The van der Waals surface area contributed by atoms with Crippen LogP contribution in [0.2, 0.25) is 0 Å². The van der Waals surface area contributed by atoms with Gasteiger partial charge < -0.3 is 10.1 Å². The van der Waals surface area contributed by atoms with Crippen molar-refractivity contribution in [3.05, 3.63) is 70.2 Å². The van der Waals surface area contributed by atoms with E-state index in [1.54, 1.807) is 0 Å². The molecule has 4 nitrogen and oxygen atoms in total. The largest absolute Gasteiger partial charge is 0.460 e. The number of hydrogen-bond acceptors (Lipinski definition) is 3. The van der Waals surface area contributed by atoms with Gasteiger partial charge in [-0.15, -0.1) is 0 Å². The van der Waals surface area contributed by atoms with Crippen LogP contribution in [-0.2, 0) is 26.3 Å². The van der Waals surface area contributed by atoms with Gasteiger partial charge in [0, 0.05) is 4.47 Å². The molecular weight excluding hydrogens is 382 g/mol. The number of hydrogen-bond donors (Lipinski definition) is 1. The molecule has 0 unspecified atom stereocenters. The van der Waals surface area contributed by atoms with Crippen molar-refractivity contribution in [3.8, 4) is 0 Å². The van der Waals surface area contributed by atoms with E-state index < -0.39 is 11.4 Å². The van der Waals surface area contributed by atoms with Crippen molar-refractivity contribution in [2.75, 3.05) is 6.54 Å². The molecule has 3 rings (SSSR count). The molecule has 0 aromatic heterocycles. The van der Waals surface area contributed by atoms with E-state index in [0.717, 1.165) is 34.9 Å². The van der Waals surface area contributed by atoms with E-state index in [0.29, 0.717) is 0 Å².